The van der Waals surface area contributed by atoms with Crippen LogP contribution in [-0.2, 0) is 25.9 Å². The smallest absolute Gasteiger partial charge is 0.133 e. The molecular formula is C22H29N3O2. The number of β-amino-alcohol motifs (C(OH)–C–C–N with tert-alkyl or cyclic N) is 1. The maximum Gasteiger partial charge on any atom is 0.133 e. The molecule has 0 spiro atoms. The summed E-state index contributed by atoms with van der Waals surface area (Å²) in [6.45, 7) is 3.14. The Morgan fingerprint density at radius 3 is 2.81 bits per heavy atom. The van der Waals surface area contributed by atoms with Gasteiger partial charge < -0.3 is 20.1 Å². The maximum atomic E-state index is 9.99. The number of aryl methyl sites for hydroxylation is 2. The molecule has 2 aliphatic rings. The number of nitrogens with one attached hydrogen (secondary N) is 1. The molecule has 144 valence electrons. The minimum Gasteiger partial charge on any atom is -0.496 e. The van der Waals surface area contributed by atoms with Gasteiger partial charge in [-0.3, -0.25) is 0 Å². The maximum absolute atomic E-state index is 9.99. The van der Waals surface area contributed by atoms with Gasteiger partial charge in [-0.2, -0.15) is 0 Å². The Balaban J connectivity index is 1.44. The highest BCUT2D eigenvalue weighted by atomic mass is 16.5. The molecule has 27 heavy (non-hydrogen) atoms. The average molecular weight is 367 g/mol. The van der Waals surface area contributed by atoms with E-state index in [9.17, 15) is 5.11 Å². The van der Waals surface area contributed by atoms with E-state index in [-0.39, 0.29) is 6.10 Å². The number of pyridine rings is 1. The zero-order chi connectivity index (χ0) is 18.6. The zero-order valence-electron chi connectivity index (χ0n) is 16.1. The average Bonchev–Trinajstić information content (AvgIpc) is 3.15. The third-order valence-corrected chi connectivity index (χ3v) is 5.69. The Morgan fingerprint density at radius 1 is 1.19 bits per heavy atom. The normalized spacial score (nSPS) is 19.2. The summed E-state index contributed by atoms with van der Waals surface area (Å²) in [4.78, 5) is 6.80. The number of hydrogen-bond donors (Lipinski definition) is 2. The van der Waals surface area contributed by atoms with Gasteiger partial charge in [-0.1, -0.05) is 12.1 Å². The van der Waals surface area contributed by atoms with Crippen LogP contribution in [0.2, 0.25) is 0 Å². The van der Waals surface area contributed by atoms with Crippen molar-refractivity contribution in [2.45, 2.75) is 51.3 Å². The SMILES string of the molecule is COc1cc2c(cc1CNCc1cccnc1N1CCCC(O)C1)CCC2. The summed E-state index contributed by atoms with van der Waals surface area (Å²) < 4.78 is 5.62. The van der Waals surface area contributed by atoms with E-state index in [1.165, 1.54) is 41.5 Å². The third-order valence-electron chi connectivity index (χ3n) is 5.69. The number of piperidine rings is 1. The number of hydrogen-bond acceptors (Lipinski definition) is 5. The highest BCUT2D eigenvalue weighted by molar-refractivity contribution is 5.48. The quantitative estimate of drug-likeness (QED) is 0.822. The van der Waals surface area contributed by atoms with E-state index in [0.29, 0.717) is 6.54 Å². The first-order valence-corrected chi connectivity index (χ1v) is 10.0. The summed E-state index contributed by atoms with van der Waals surface area (Å²) in [6, 6.07) is 8.62. The van der Waals surface area contributed by atoms with Gasteiger partial charge >= 0.3 is 0 Å². The van der Waals surface area contributed by atoms with Crippen LogP contribution < -0.4 is 15.0 Å². The summed E-state index contributed by atoms with van der Waals surface area (Å²) in [6.07, 6.45) is 7.07. The van der Waals surface area contributed by atoms with E-state index in [1.54, 1.807) is 7.11 Å². The molecule has 4 rings (SSSR count). The topological polar surface area (TPSA) is 57.6 Å². The predicted octanol–water partition coefficient (Wildman–Crippen LogP) is 2.83. The van der Waals surface area contributed by atoms with Gasteiger partial charge in [-0.25, -0.2) is 4.98 Å². The second-order valence-electron chi connectivity index (χ2n) is 7.62. The van der Waals surface area contributed by atoms with Crippen LogP contribution in [0.1, 0.15) is 41.5 Å². The number of aromatic nitrogens is 1. The lowest BCUT2D eigenvalue weighted by Gasteiger charge is -2.32. The van der Waals surface area contributed by atoms with Gasteiger partial charge in [-0.15, -0.1) is 0 Å². The predicted molar refractivity (Wildman–Crippen MR) is 107 cm³/mol. The first kappa shape index (κ1) is 18.3. The summed E-state index contributed by atoms with van der Waals surface area (Å²) in [5.41, 5.74) is 5.30. The van der Waals surface area contributed by atoms with Gasteiger partial charge in [-0.05, 0) is 55.4 Å². The number of benzene rings is 1. The Bertz CT molecular complexity index is 793. The monoisotopic (exact) mass is 367 g/mol. The molecule has 1 aromatic heterocycles. The number of aliphatic hydroxyl groups excluding tert-OH is 1. The fraction of sp³-hybridized carbons (Fsp3) is 0.500. The van der Waals surface area contributed by atoms with Gasteiger partial charge in [0.15, 0.2) is 0 Å². The molecule has 1 unspecified atom stereocenters. The lowest BCUT2D eigenvalue weighted by Crippen LogP contribution is -2.39. The van der Waals surface area contributed by atoms with Gasteiger partial charge in [0.1, 0.15) is 11.6 Å². The number of anilines is 1. The van der Waals surface area contributed by atoms with E-state index in [1.807, 2.05) is 12.3 Å². The Hall–Kier alpha value is -2.11. The lowest BCUT2D eigenvalue weighted by molar-refractivity contribution is 0.154. The molecule has 1 atom stereocenters. The van der Waals surface area contributed by atoms with Crippen molar-refractivity contribution in [2.24, 2.45) is 0 Å². The molecule has 1 aliphatic carbocycles. The van der Waals surface area contributed by atoms with E-state index >= 15 is 0 Å². The second kappa shape index (κ2) is 8.28. The molecule has 0 amide bonds. The number of rotatable bonds is 6. The molecule has 1 saturated heterocycles. The summed E-state index contributed by atoms with van der Waals surface area (Å²) in [5, 5.41) is 13.6. The van der Waals surface area contributed by atoms with E-state index in [2.05, 4.69) is 33.4 Å². The number of methoxy groups -OCH3 is 1. The minimum absolute atomic E-state index is 0.253. The molecule has 2 heterocycles. The molecule has 0 bridgehead atoms. The molecule has 5 heteroatoms. The number of nitrogens with zero attached hydrogens (tertiary/aromatic N) is 2. The van der Waals surface area contributed by atoms with E-state index < -0.39 is 0 Å². The van der Waals surface area contributed by atoms with Crippen LogP contribution in [0.15, 0.2) is 30.5 Å². The zero-order valence-corrected chi connectivity index (χ0v) is 16.1. The van der Waals surface area contributed by atoms with Crippen LogP contribution in [-0.4, -0.2) is 36.4 Å². The summed E-state index contributed by atoms with van der Waals surface area (Å²) in [5.74, 6) is 1.97. The molecule has 0 radical (unpaired) electrons. The van der Waals surface area contributed by atoms with Gasteiger partial charge in [0, 0.05) is 43.5 Å². The van der Waals surface area contributed by atoms with Crippen molar-refractivity contribution in [3.8, 4) is 5.75 Å². The fourth-order valence-corrected chi connectivity index (χ4v) is 4.31. The minimum atomic E-state index is -0.253. The van der Waals surface area contributed by atoms with Crippen LogP contribution in [0.25, 0.3) is 0 Å². The van der Waals surface area contributed by atoms with E-state index in [0.717, 1.165) is 44.0 Å². The number of aliphatic hydroxyl groups is 1. The third kappa shape index (κ3) is 4.09. The molecule has 2 N–H and O–H groups in total. The fourth-order valence-electron chi connectivity index (χ4n) is 4.31. The first-order chi connectivity index (χ1) is 13.2. The number of fused-ring (bicyclic) bond motifs is 1. The van der Waals surface area contributed by atoms with Crippen molar-refractivity contribution in [1.29, 1.82) is 0 Å². The van der Waals surface area contributed by atoms with Crippen molar-refractivity contribution in [3.63, 3.8) is 0 Å². The van der Waals surface area contributed by atoms with Crippen molar-refractivity contribution < 1.29 is 9.84 Å². The van der Waals surface area contributed by atoms with E-state index in [4.69, 9.17) is 4.74 Å². The van der Waals surface area contributed by atoms with Crippen LogP contribution in [0, 0.1) is 0 Å². The van der Waals surface area contributed by atoms with Crippen molar-refractivity contribution >= 4 is 5.82 Å². The lowest BCUT2D eigenvalue weighted by atomic mass is 10.0. The van der Waals surface area contributed by atoms with Crippen molar-refractivity contribution in [1.82, 2.24) is 10.3 Å². The summed E-state index contributed by atoms with van der Waals surface area (Å²) in [7, 11) is 1.75. The molecule has 0 saturated carbocycles. The van der Waals surface area contributed by atoms with Gasteiger partial charge in [0.2, 0.25) is 0 Å². The van der Waals surface area contributed by atoms with Crippen LogP contribution in [0.5, 0.6) is 5.75 Å². The Labute approximate surface area is 161 Å². The standard InChI is InChI=1S/C22H29N3O2/c1-27-21-12-17-6-2-5-16(17)11-19(21)14-23-13-18-7-3-9-24-22(18)25-10-4-8-20(26)15-25/h3,7,9,11-12,20,23,26H,2,4-6,8,10,13-15H2,1H3. The molecule has 2 aromatic rings. The highest BCUT2D eigenvalue weighted by Gasteiger charge is 2.21. The van der Waals surface area contributed by atoms with Crippen molar-refractivity contribution in [2.75, 3.05) is 25.1 Å². The van der Waals surface area contributed by atoms with Crippen LogP contribution in [0.4, 0.5) is 5.82 Å². The Kier molecular flexibility index (Phi) is 5.60. The number of ether oxygens (including phenoxy) is 1. The first-order valence-electron chi connectivity index (χ1n) is 10.0. The molecule has 5 nitrogen and oxygen atoms in total. The van der Waals surface area contributed by atoms with Gasteiger partial charge in [0.25, 0.3) is 0 Å². The molecule has 1 aromatic carbocycles. The van der Waals surface area contributed by atoms with Gasteiger partial charge in [0.05, 0.1) is 13.2 Å². The Morgan fingerprint density at radius 2 is 2.00 bits per heavy atom. The largest absolute Gasteiger partial charge is 0.496 e. The molecular weight excluding hydrogens is 338 g/mol. The highest BCUT2D eigenvalue weighted by Crippen LogP contribution is 2.30. The summed E-state index contributed by atoms with van der Waals surface area (Å²) >= 11 is 0. The van der Waals surface area contributed by atoms with Crippen LogP contribution in [0.3, 0.4) is 0 Å². The second-order valence-corrected chi connectivity index (χ2v) is 7.62. The molecule has 1 aliphatic heterocycles. The van der Waals surface area contributed by atoms with Crippen LogP contribution >= 0.6 is 0 Å². The van der Waals surface area contributed by atoms with Crippen molar-refractivity contribution in [3.05, 3.63) is 52.7 Å². The molecule has 1 fully saturated rings.